The van der Waals surface area contributed by atoms with Gasteiger partial charge in [0.25, 0.3) is 0 Å². The molecule has 0 aliphatic carbocycles. The summed E-state index contributed by atoms with van der Waals surface area (Å²) in [5, 5.41) is 15.7. The van der Waals surface area contributed by atoms with Crippen LogP contribution >= 0.6 is 39.3 Å². The highest BCUT2D eigenvalue weighted by Gasteiger charge is 2.11. The van der Waals surface area contributed by atoms with Gasteiger partial charge in [-0.3, -0.25) is 4.79 Å². The molecule has 1 N–H and O–H groups in total. The van der Waals surface area contributed by atoms with Gasteiger partial charge in [0, 0.05) is 16.6 Å². The number of tetrazole rings is 1. The van der Waals surface area contributed by atoms with Crippen LogP contribution in [0.15, 0.2) is 58.2 Å². The van der Waals surface area contributed by atoms with Crippen LogP contribution in [0.2, 0.25) is 5.02 Å². The fourth-order valence-electron chi connectivity index (χ4n) is 2.02. The molecule has 0 fully saturated rings. The van der Waals surface area contributed by atoms with Crippen molar-refractivity contribution in [2.24, 2.45) is 0 Å². The second-order valence-electron chi connectivity index (χ2n) is 4.98. The van der Waals surface area contributed by atoms with Gasteiger partial charge in [0.1, 0.15) is 0 Å². The molecule has 0 unspecified atom stereocenters. The first-order chi connectivity index (χ1) is 12.1. The number of hydrogen-bond acceptors (Lipinski definition) is 5. The van der Waals surface area contributed by atoms with Gasteiger partial charge in [0.2, 0.25) is 11.1 Å². The Morgan fingerprint density at radius 2 is 1.96 bits per heavy atom. The molecule has 6 nitrogen and oxygen atoms in total. The molecular weight excluding hydrogens is 426 g/mol. The molecule has 3 aromatic rings. The van der Waals surface area contributed by atoms with E-state index in [1.807, 2.05) is 36.4 Å². The van der Waals surface area contributed by atoms with Crippen molar-refractivity contribution in [1.82, 2.24) is 20.2 Å². The lowest BCUT2D eigenvalue weighted by Gasteiger charge is -2.07. The number of hydrogen-bond donors (Lipinski definition) is 1. The van der Waals surface area contributed by atoms with Crippen molar-refractivity contribution in [1.29, 1.82) is 0 Å². The summed E-state index contributed by atoms with van der Waals surface area (Å²) >= 11 is 10.8. The first kappa shape index (κ1) is 17.9. The largest absolute Gasteiger partial charge is 0.325 e. The number of nitrogens with one attached hydrogen (secondary N) is 1. The van der Waals surface area contributed by atoms with Crippen molar-refractivity contribution >= 4 is 50.9 Å². The number of benzene rings is 2. The predicted molar refractivity (Wildman–Crippen MR) is 102 cm³/mol. The van der Waals surface area contributed by atoms with E-state index in [1.165, 1.54) is 11.8 Å². The summed E-state index contributed by atoms with van der Waals surface area (Å²) in [5.41, 5.74) is 1.47. The molecule has 25 heavy (non-hydrogen) atoms. The van der Waals surface area contributed by atoms with E-state index >= 15 is 0 Å². The quantitative estimate of drug-likeness (QED) is 0.584. The fraction of sp³-hybridized carbons (Fsp3) is 0.125. The Labute approximate surface area is 162 Å². The molecule has 0 atom stereocenters. The van der Waals surface area contributed by atoms with Crippen LogP contribution < -0.4 is 5.32 Å². The highest BCUT2D eigenvalue weighted by Crippen LogP contribution is 2.22. The minimum Gasteiger partial charge on any atom is -0.325 e. The molecule has 0 bridgehead atoms. The highest BCUT2D eigenvalue weighted by atomic mass is 79.9. The number of nitrogens with zero attached hydrogens (tertiary/aromatic N) is 4. The maximum absolute atomic E-state index is 12.0. The zero-order chi connectivity index (χ0) is 17.6. The Morgan fingerprint density at radius 3 is 2.72 bits per heavy atom. The lowest BCUT2D eigenvalue weighted by molar-refractivity contribution is -0.115. The molecule has 128 valence electrons. The number of anilines is 1. The third-order valence-corrected chi connectivity index (χ3v) is 5.00. The number of aromatic nitrogens is 4. The summed E-state index contributed by atoms with van der Waals surface area (Å²) in [6.45, 7) is 0. The Kier molecular flexibility index (Phi) is 6.06. The molecule has 0 saturated heterocycles. The molecule has 1 amide bonds. The smallest absolute Gasteiger partial charge is 0.225 e. The molecule has 0 spiro atoms. The molecule has 9 heteroatoms. The van der Waals surface area contributed by atoms with Crippen LogP contribution in [0.5, 0.6) is 0 Å². The van der Waals surface area contributed by atoms with Crippen LogP contribution in [0.3, 0.4) is 0 Å². The van der Waals surface area contributed by atoms with Crippen molar-refractivity contribution in [3.05, 3.63) is 58.0 Å². The van der Waals surface area contributed by atoms with Crippen LogP contribution in [-0.2, 0) is 4.79 Å². The second-order valence-corrected chi connectivity index (χ2v) is 7.36. The van der Waals surface area contributed by atoms with Crippen molar-refractivity contribution in [3.63, 3.8) is 0 Å². The summed E-state index contributed by atoms with van der Waals surface area (Å²) < 4.78 is 2.62. The zero-order valence-electron chi connectivity index (χ0n) is 12.9. The minimum absolute atomic E-state index is 0.108. The Morgan fingerprint density at radius 1 is 1.20 bits per heavy atom. The number of rotatable bonds is 6. The molecule has 0 aliphatic heterocycles. The summed E-state index contributed by atoms with van der Waals surface area (Å²) in [5.74, 6) is 0.441. The van der Waals surface area contributed by atoms with Gasteiger partial charge >= 0.3 is 0 Å². The van der Waals surface area contributed by atoms with Gasteiger partial charge in [-0.25, -0.2) is 0 Å². The number of thioether (sulfide) groups is 1. The van der Waals surface area contributed by atoms with E-state index in [0.29, 0.717) is 28.0 Å². The number of carbonyl (C=O) groups excluding carboxylic acids is 1. The van der Waals surface area contributed by atoms with Gasteiger partial charge in [-0.2, -0.15) is 4.68 Å². The first-order valence-corrected chi connectivity index (χ1v) is 9.50. The van der Waals surface area contributed by atoms with E-state index < -0.39 is 0 Å². The van der Waals surface area contributed by atoms with Crippen molar-refractivity contribution < 1.29 is 4.79 Å². The third-order valence-electron chi connectivity index (χ3n) is 3.22. The predicted octanol–water partition coefficient (Wildman–Crippen LogP) is 4.20. The van der Waals surface area contributed by atoms with E-state index in [2.05, 4.69) is 36.8 Å². The molecule has 1 aromatic heterocycles. The Hall–Kier alpha value is -1.90. The number of para-hydroxylation sites is 1. The maximum atomic E-state index is 12.0. The van der Waals surface area contributed by atoms with Gasteiger partial charge in [-0.05, 0) is 46.8 Å². The number of amides is 1. The highest BCUT2D eigenvalue weighted by molar-refractivity contribution is 9.10. The SMILES string of the molecule is O=C(CCSc1nnnn1-c1ccc(Br)cc1)Nc1ccccc1Cl. The van der Waals surface area contributed by atoms with Gasteiger partial charge in [-0.1, -0.05) is 51.4 Å². The summed E-state index contributed by atoms with van der Waals surface area (Å²) in [6, 6.07) is 14.8. The second kappa shape index (κ2) is 8.46. The van der Waals surface area contributed by atoms with E-state index in [0.717, 1.165) is 10.2 Å². The standard InChI is InChI=1S/C16H13BrClN5OS/c17-11-5-7-12(8-6-11)23-16(20-21-22-23)25-10-9-15(24)19-14-4-2-1-3-13(14)18/h1-8H,9-10H2,(H,19,24). The normalized spacial score (nSPS) is 10.6. The number of carbonyl (C=O) groups is 1. The van der Waals surface area contributed by atoms with E-state index in [-0.39, 0.29) is 5.91 Å². The monoisotopic (exact) mass is 437 g/mol. The molecule has 3 rings (SSSR count). The van der Waals surface area contributed by atoms with Crippen LogP contribution in [0.4, 0.5) is 5.69 Å². The topological polar surface area (TPSA) is 72.7 Å². The van der Waals surface area contributed by atoms with Crippen LogP contribution in [0.1, 0.15) is 6.42 Å². The molecular formula is C16H13BrClN5OS. The van der Waals surface area contributed by atoms with Crippen molar-refractivity contribution in [2.75, 3.05) is 11.1 Å². The zero-order valence-corrected chi connectivity index (χ0v) is 16.1. The average Bonchev–Trinajstić information content (AvgIpc) is 3.06. The van der Waals surface area contributed by atoms with Gasteiger partial charge < -0.3 is 5.32 Å². The summed E-state index contributed by atoms with van der Waals surface area (Å²) in [4.78, 5) is 12.0. The molecule has 0 aliphatic rings. The van der Waals surface area contributed by atoms with Crippen molar-refractivity contribution in [3.8, 4) is 5.69 Å². The minimum atomic E-state index is -0.108. The van der Waals surface area contributed by atoms with Crippen LogP contribution in [-0.4, -0.2) is 31.9 Å². The average molecular weight is 439 g/mol. The maximum Gasteiger partial charge on any atom is 0.225 e. The molecule has 2 aromatic carbocycles. The van der Waals surface area contributed by atoms with Crippen LogP contribution in [0.25, 0.3) is 5.69 Å². The first-order valence-electron chi connectivity index (χ1n) is 7.35. The van der Waals surface area contributed by atoms with Gasteiger partial charge in [0.05, 0.1) is 16.4 Å². The molecule has 0 saturated carbocycles. The van der Waals surface area contributed by atoms with Crippen molar-refractivity contribution in [2.45, 2.75) is 11.6 Å². The van der Waals surface area contributed by atoms with Gasteiger partial charge in [0.15, 0.2) is 0 Å². The van der Waals surface area contributed by atoms with Gasteiger partial charge in [-0.15, -0.1) is 5.10 Å². The fourth-order valence-corrected chi connectivity index (χ4v) is 3.30. The summed E-state index contributed by atoms with van der Waals surface area (Å²) in [6.07, 6.45) is 0.323. The van der Waals surface area contributed by atoms with E-state index in [4.69, 9.17) is 11.6 Å². The molecule has 0 radical (unpaired) electrons. The Balaban J connectivity index is 1.56. The Bertz CT molecular complexity index is 871. The van der Waals surface area contributed by atoms with E-state index in [9.17, 15) is 4.79 Å². The molecule has 1 heterocycles. The number of halogens is 2. The van der Waals surface area contributed by atoms with Crippen LogP contribution in [0, 0.1) is 0 Å². The lowest BCUT2D eigenvalue weighted by atomic mass is 10.3. The third kappa shape index (κ3) is 4.81. The summed E-state index contributed by atoms with van der Waals surface area (Å²) in [7, 11) is 0. The lowest BCUT2D eigenvalue weighted by Crippen LogP contribution is -2.12. The van der Waals surface area contributed by atoms with E-state index in [1.54, 1.807) is 16.8 Å².